The van der Waals surface area contributed by atoms with Gasteiger partial charge in [-0.1, -0.05) is 30.3 Å². The van der Waals surface area contributed by atoms with Crippen molar-refractivity contribution in [2.75, 3.05) is 7.05 Å². The Kier molecular flexibility index (Phi) is 6.41. The molecule has 0 radical (unpaired) electrons. The summed E-state index contributed by atoms with van der Waals surface area (Å²) in [7, 11) is 1.46. The van der Waals surface area contributed by atoms with Crippen LogP contribution in [0.25, 0.3) is 0 Å². The van der Waals surface area contributed by atoms with Crippen molar-refractivity contribution in [3.8, 4) is 0 Å². The minimum absolute atomic E-state index is 0.0273. The first-order valence-electron chi connectivity index (χ1n) is 9.69. The van der Waals surface area contributed by atoms with Crippen LogP contribution in [0.1, 0.15) is 58.4 Å². The summed E-state index contributed by atoms with van der Waals surface area (Å²) in [4.78, 5) is 37.6. The number of amides is 1. The van der Waals surface area contributed by atoms with E-state index in [0.717, 1.165) is 24.8 Å². The summed E-state index contributed by atoms with van der Waals surface area (Å²) in [5.41, 5.74) is 0.837. The number of pyridine rings is 1. The summed E-state index contributed by atoms with van der Waals surface area (Å²) < 4.78 is 1.42. The van der Waals surface area contributed by atoms with Gasteiger partial charge in [-0.3, -0.25) is 14.4 Å². The van der Waals surface area contributed by atoms with Crippen molar-refractivity contribution < 1.29 is 14.7 Å². The van der Waals surface area contributed by atoms with Crippen LogP contribution in [0.2, 0.25) is 0 Å². The quantitative estimate of drug-likeness (QED) is 0.720. The molecule has 1 aromatic carbocycles. The van der Waals surface area contributed by atoms with Crippen LogP contribution in [-0.4, -0.2) is 34.5 Å². The average molecular weight is 382 g/mol. The predicted octanol–water partition coefficient (Wildman–Crippen LogP) is 2.38. The van der Waals surface area contributed by atoms with Gasteiger partial charge < -0.3 is 15.0 Å². The molecular weight excluding hydrogens is 356 g/mol. The molecule has 6 heteroatoms. The molecule has 148 valence electrons. The van der Waals surface area contributed by atoms with Crippen molar-refractivity contribution in [1.29, 1.82) is 0 Å². The van der Waals surface area contributed by atoms with E-state index >= 15 is 0 Å². The summed E-state index contributed by atoms with van der Waals surface area (Å²) in [6.07, 6.45) is 4.81. The summed E-state index contributed by atoms with van der Waals surface area (Å²) in [5, 5.41) is 12.1. The first-order valence-corrected chi connectivity index (χ1v) is 9.69. The highest BCUT2D eigenvalue weighted by Crippen LogP contribution is 2.29. The number of Topliss-reactive ketones (excluding diaryl/α,β-unsaturated/α-hetero) is 1. The number of benzene rings is 1. The molecule has 2 aromatic rings. The van der Waals surface area contributed by atoms with Crippen molar-refractivity contribution >= 4 is 11.7 Å². The number of hydrogen-bond acceptors (Lipinski definition) is 4. The number of aromatic nitrogens is 1. The van der Waals surface area contributed by atoms with Crippen LogP contribution in [0.15, 0.2) is 47.4 Å². The molecule has 2 N–H and O–H groups in total. The molecule has 28 heavy (non-hydrogen) atoms. The van der Waals surface area contributed by atoms with Gasteiger partial charge in [0.05, 0.1) is 12.6 Å². The Hall–Kier alpha value is -2.73. The van der Waals surface area contributed by atoms with Gasteiger partial charge in [-0.25, -0.2) is 0 Å². The third-order valence-electron chi connectivity index (χ3n) is 5.37. The monoisotopic (exact) mass is 382 g/mol. The highest BCUT2D eigenvalue weighted by molar-refractivity contribution is 6.00. The second kappa shape index (κ2) is 8.97. The van der Waals surface area contributed by atoms with Crippen LogP contribution < -0.4 is 10.9 Å². The van der Waals surface area contributed by atoms with Gasteiger partial charge in [0.2, 0.25) is 0 Å². The van der Waals surface area contributed by atoms with Gasteiger partial charge in [0.25, 0.3) is 11.5 Å². The van der Waals surface area contributed by atoms with Crippen LogP contribution in [0.3, 0.4) is 0 Å². The number of ketones is 1. The molecule has 2 atom stereocenters. The molecule has 1 fully saturated rings. The van der Waals surface area contributed by atoms with Crippen LogP contribution in [0.4, 0.5) is 0 Å². The van der Waals surface area contributed by atoms with E-state index in [1.807, 2.05) is 30.3 Å². The number of rotatable bonds is 7. The van der Waals surface area contributed by atoms with Gasteiger partial charge in [0, 0.05) is 25.2 Å². The second-order valence-corrected chi connectivity index (χ2v) is 7.43. The van der Waals surface area contributed by atoms with Gasteiger partial charge >= 0.3 is 0 Å². The van der Waals surface area contributed by atoms with Crippen LogP contribution in [0, 0.1) is 5.92 Å². The highest BCUT2D eigenvalue weighted by Gasteiger charge is 2.24. The summed E-state index contributed by atoms with van der Waals surface area (Å²) >= 11 is 0. The SMILES string of the molecule is CNC(=O)c1cc(C(=O)CC[C@@H]2CC[C@H](O)C2)cn(Cc2ccccc2)c1=O. The van der Waals surface area contributed by atoms with E-state index in [1.54, 1.807) is 6.20 Å². The van der Waals surface area contributed by atoms with Crippen molar-refractivity contribution in [2.45, 2.75) is 44.8 Å². The third-order valence-corrected chi connectivity index (χ3v) is 5.37. The fourth-order valence-corrected chi connectivity index (χ4v) is 3.77. The van der Waals surface area contributed by atoms with Gasteiger partial charge in [-0.05, 0) is 43.2 Å². The molecule has 0 saturated heterocycles. The summed E-state index contributed by atoms with van der Waals surface area (Å²) in [5.74, 6) is -0.235. The van der Waals surface area contributed by atoms with Crippen molar-refractivity contribution in [3.63, 3.8) is 0 Å². The maximum absolute atomic E-state index is 12.8. The van der Waals surface area contributed by atoms with E-state index < -0.39 is 11.5 Å². The molecule has 0 aliphatic heterocycles. The first-order chi connectivity index (χ1) is 13.5. The Morgan fingerprint density at radius 2 is 1.96 bits per heavy atom. The largest absolute Gasteiger partial charge is 0.393 e. The number of aliphatic hydroxyl groups is 1. The Labute approximate surface area is 164 Å². The maximum Gasteiger partial charge on any atom is 0.263 e. The van der Waals surface area contributed by atoms with Gasteiger partial charge in [0.1, 0.15) is 5.56 Å². The van der Waals surface area contributed by atoms with Crippen LogP contribution >= 0.6 is 0 Å². The number of nitrogens with zero attached hydrogens (tertiary/aromatic N) is 1. The average Bonchev–Trinajstić information content (AvgIpc) is 3.13. The highest BCUT2D eigenvalue weighted by atomic mass is 16.3. The standard InChI is InChI=1S/C22H26N2O4/c1-23-21(27)19-12-17(20(26)10-8-15-7-9-18(25)11-15)14-24(22(19)28)13-16-5-3-2-4-6-16/h2-6,12,14-15,18,25H,7-11,13H2,1H3,(H,23,27)/t15-,18-/m0/s1. The van der Waals surface area contributed by atoms with Crippen molar-refractivity contribution in [1.82, 2.24) is 9.88 Å². The number of hydrogen-bond donors (Lipinski definition) is 2. The van der Waals surface area contributed by atoms with E-state index in [0.29, 0.717) is 30.9 Å². The number of nitrogens with one attached hydrogen (secondary N) is 1. The number of carbonyl (C=O) groups is 2. The van der Waals surface area contributed by atoms with Crippen LogP contribution in [-0.2, 0) is 6.54 Å². The van der Waals surface area contributed by atoms with Gasteiger partial charge in [-0.15, -0.1) is 0 Å². The second-order valence-electron chi connectivity index (χ2n) is 7.43. The Morgan fingerprint density at radius 3 is 2.61 bits per heavy atom. The summed E-state index contributed by atoms with van der Waals surface area (Å²) in [6, 6.07) is 10.8. The molecule has 3 rings (SSSR count). The van der Waals surface area contributed by atoms with Crippen molar-refractivity contribution in [3.05, 3.63) is 69.6 Å². The number of aliphatic hydroxyl groups excluding tert-OH is 1. The smallest absolute Gasteiger partial charge is 0.263 e. The normalized spacial score (nSPS) is 18.8. The van der Waals surface area contributed by atoms with Gasteiger partial charge in [-0.2, -0.15) is 0 Å². The van der Waals surface area contributed by atoms with Crippen LogP contribution in [0.5, 0.6) is 0 Å². The van der Waals surface area contributed by atoms with E-state index in [2.05, 4.69) is 5.32 Å². The maximum atomic E-state index is 12.8. The minimum atomic E-state index is -0.500. The molecule has 1 saturated carbocycles. The van der Waals surface area contributed by atoms with E-state index in [1.165, 1.54) is 17.7 Å². The molecule has 1 heterocycles. The topological polar surface area (TPSA) is 88.4 Å². The predicted molar refractivity (Wildman–Crippen MR) is 107 cm³/mol. The lowest BCUT2D eigenvalue weighted by Crippen LogP contribution is -2.32. The Bertz CT molecular complexity index is 904. The zero-order valence-electron chi connectivity index (χ0n) is 16.1. The lowest BCUT2D eigenvalue weighted by Gasteiger charge is -2.12. The lowest BCUT2D eigenvalue weighted by molar-refractivity contribution is 0.0961. The third kappa shape index (κ3) is 4.75. The van der Waals surface area contributed by atoms with Crippen molar-refractivity contribution in [2.24, 2.45) is 5.92 Å². The molecule has 1 aliphatic carbocycles. The zero-order chi connectivity index (χ0) is 20.1. The molecule has 1 aromatic heterocycles. The lowest BCUT2D eigenvalue weighted by atomic mass is 9.97. The molecule has 6 nitrogen and oxygen atoms in total. The number of carbonyl (C=O) groups excluding carboxylic acids is 2. The Balaban J connectivity index is 1.85. The molecule has 1 amide bonds. The first kappa shape index (κ1) is 20.0. The molecule has 0 unspecified atom stereocenters. The molecular formula is C22H26N2O4. The summed E-state index contributed by atoms with van der Waals surface area (Å²) in [6.45, 7) is 0.291. The molecule has 0 bridgehead atoms. The zero-order valence-corrected chi connectivity index (χ0v) is 16.1. The van der Waals surface area contributed by atoms with E-state index in [4.69, 9.17) is 0 Å². The van der Waals surface area contributed by atoms with E-state index in [-0.39, 0.29) is 17.5 Å². The molecule has 1 aliphatic rings. The van der Waals surface area contributed by atoms with E-state index in [9.17, 15) is 19.5 Å². The Morgan fingerprint density at radius 1 is 1.21 bits per heavy atom. The van der Waals surface area contributed by atoms with Gasteiger partial charge in [0.15, 0.2) is 5.78 Å². The minimum Gasteiger partial charge on any atom is -0.393 e. The molecule has 0 spiro atoms. The fourth-order valence-electron chi connectivity index (χ4n) is 3.77. The fraction of sp³-hybridized carbons (Fsp3) is 0.409.